The largest absolute Gasteiger partial charge is 0.497 e. The Labute approximate surface area is 148 Å². The summed E-state index contributed by atoms with van der Waals surface area (Å²) in [4.78, 5) is 19.6. The van der Waals surface area contributed by atoms with Crippen LogP contribution < -0.4 is 10.4 Å². The van der Waals surface area contributed by atoms with Crippen LogP contribution in [-0.4, -0.2) is 21.6 Å². The number of benzene rings is 2. The molecule has 0 radical (unpaired) electrons. The van der Waals surface area contributed by atoms with E-state index in [1.165, 1.54) is 12.1 Å². The van der Waals surface area contributed by atoms with Gasteiger partial charge in [0.05, 0.1) is 19.2 Å². The van der Waals surface area contributed by atoms with E-state index in [-0.39, 0.29) is 11.5 Å². The number of hydrogen-bond donors (Lipinski definition) is 1. The lowest BCUT2D eigenvalue weighted by atomic mass is 10.1. The maximum atomic E-state index is 13.1. The highest BCUT2D eigenvalue weighted by Crippen LogP contribution is 2.22. The third-order valence-electron chi connectivity index (χ3n) is 4.29. The molecular formula is C20H16FN3O2. The van der Waals surface area contributed by atoms with E-state index in [0.717, 1.165) is 22.4 Å². The number of ether oxygens (including phenoxy) is 1. The van der Waals surface area contributed by atoms with Gasteiger partial charge in [0.15, 0.2) is 5.65 Å². The molecule has 130 valence electrons. The van der Waals surface area contributed by atoms with Gasteiger partial charge in [-0.25, -0.2) is 14.2 Å². The smallest absolute Gasteiger partial charge is 0.327 e. The van der Waals surface area contributed by atoms with Crippen LogP contribution in [0.4, 0.5) is 4.39 Å². The molecule has 4 rings (SSSR count). The van der Waals surface area contributed by atoms with Crippen molar-refractivity contribution in [2.45, 2.75) is 6.54 Å². The predicted molar refractivity (Wildman–Crippen MR) is 97.8 cm³/mol. The Morgan fingerprint density at radius 3 is 2.50 bits per heavy atom. The first-order valence-electron chi connectivity index (χ1n) is 8.11. The van der Waals surface area contributed by atoms with Crippen molar-refractivity contribution in [3.8, 4) is 16.9 Å². The Kier molecular flexibility index (Phi) is 4.01. The lowest BCUT2D eigenvalue weighted by Crippen LogP contribution is -2.17. The highest BCUT2D eigenvalue weighted by atomic mass is 19.1. The molecule has 0 amide bonds. The zero-order chi connectivity index (χ0) is 18.1. The van der Waals surface area contributed by atoms with Crippen LogP contribution in [-0.2, 0) is 6.54 Å². The minimum Gasteiger partial charge on any atom is -0.497 e. The Balaban J connectivity index is 1.71. The molecule has 2 aromatic heterocycles. The number of rotatable bonds is 4. The lowest BCUT2D eigenvalue weighted by molar-refractivity contribution is 0.414. The summed E-state index contributed by atoms with van der Waals surface area (Å²) in [6.45, 7) is 0.408. The summed E-state index contributed by atoms with van der Waals surface area (Å²) in [6, 6.07) is 15.6. The average Bonchev–Trinajstić information content (AvgIpc) is 2.97. The summed E-state index contributed by atoms with van der Waals surface area (Å²) >= 11 is 0. The van der Waals surface area contributed by atoms with Gasteiger partial charge in [-0.3, -0.25) is 4.57 Å². The molecule has 0 saturated heterocycles. The predicted octanol–water partition coefficient (Wildman–Crippen LogP) is 3.59. The van der Waals surface area contributed by atoms with Crippen molar-refractivity contribution in [1.82, 2.24) is 14.5 Å². The van der Waals surface area contributed by atoms with Gasteiger partial charge in [0.25, 0.3) is 0 Å². The van der Waals surface area contributed by atoms with Crippen molar-refractivity contribution in [2.24, 2.45) is 0 Å². The molecule has 0 atom stereocenters. The molecule has 0 aliphatic heterocycles. The molecule has 0 aliphatic rings. The van der Waals surface area contributed by atoms with Gasteiger partial charge in [-0.15, -0.1) is 0 Å². The normalized spacial score (nSPS) is 11.0. The lowest BCUT2D eigenvalue weighted by Gasteiger charge is -2.06. The number of nitrogens with zero attached hydrogens (tertiary/aromatic N) is 2. The molecular weight excluding hydrogens is 333 g/mol. The zero-order valence-corrected chi connectivity index (χ0v) is 14.1. The van der Waals surface area contributed by atoms with E-state index in [2.05, 4.69) is 9.97 Å². The fourth-order valence-corrected chi connectivity index (χ4v) is 2.90. The van der Waals surface area contributed by atoms with Gasteiger partial charge in [0, 0.05) is 11.8 Å². The first-order chi connectivity index (χ1) is 12.6. The first-order valence-corrected chi connectivity index (χ1v) is 8.11. The van der Waals surface area contributed by atoms with Crippen molar-refractivity contribution in [1.29, 1.82) is 0 Å². The number of H-pyrrole nitrogens is 1. The monoisotopic (exact) mass is 349 g/mol. The van der Waals surface area contributed by atoms with E-state index in [0.29, 0.717) is 17.7 Å². The van der Waals surface area contributed by atoms with Crippen LogP contribution in [0.25, 0.3) is 22.3 Å². The Bertz CT molecular complexity index is 1110. The van der Waals surface area contributed by atoms with Crippen molar-refractivity contribution in [2.75, 3.05) is 7.11 Å². The van der Waals surface area contributed by atoms with Crippen LogP contribution in [0.1, 0.15) is 5.56 Å². The number of nitrogens with one attached hydrogen (secondary N) is 1. The average molecular weight is 349 g/mol. The van der Waals surface area contributed by atoms with Gasteiger partial charge in [0.2, 0.25) is 0 Å². The number of methoxy groups -OCH3 is 1. The van der Waals surface area contributed by atoms with E-state index in [1.807, 2.05) is 30.3 Å². The van der Waals surface area contributed by atoms with Crippen LogP contribution in [0.2, 0.25) is 0 Å². The summed E-state index contributed by atoms with van der Waals surface area (Å²) in [6.07, 6.45) is 1.69. The molecule has 6 heteroatoms. The van der Waals surface area contributed by atoms with Gasteiger partial charge >= 0.3 is 5.69 Å². The van der Waals surface area contributed by atoms with Crippen molar-refractivity contribution in [3.05, 3.63) is 82.7 Å². The molecule has 0 saturated carbocycles. The fourth-order valence-electron chi connectivity index (χ4n) is 2.90. The quantitative estimate of drug-likeness (QED) is 0.612. The molecule has 0 fully saturated rings. The number of aromatic nitrogens is 3. The molecule has 26 heavy (non-hydrogen) atoms. The summed E-state index contributed by atoms with van der Waals surface area (Å²) in [5.41, 5.74) is 3.62. The number of aromatic amines is 1. The first kappa shape index (κ1) is 16.1. The van der Waals surface area contributed by atoms with Gasteiger partial charge in [-0.2, -0.15) is 0 Å². The van der Waals surface area contributed by atoms with Crippen molar-refractivity contribution >= 4 is 11.2 Å². The number of halogens is 1. The van der Waals surface area contributed by atoms with Crippen molar-refractivity contribution < 1.29 is 9.13 Å². The minimum absolute atomic E-state index is 0.223. The third kappa shape index (κ3) is 2.97. The summed E-state index contributed by atoms with van der Waals surface area (Å²) in [5.74, 6) is 0.476. The number of hydrogen-bond acceptors (Lipinski definition) is 3. The molecule has 4 aromatic rings. The molecule has 0 aliphatic carbocycles. The fraction of sp³-hybridized carbons (Fsp3) is 0.100. The molecule has 2 aromatic carbocycles. The maximum Gasteiger partial charge on any atom is 0.327 e. The van der Waals surface area contributed by atoms with E-state index in [4.69, 9.17) is 4.74 Å². The SMILES string of the molecule is COc1ccc(Cn2c(=O)[nH]c3cc(-c4ccc(F)cc4)cnc32)cc1. The number of pyridine rings is 1. The second kappa shape index (κ2) is 6.48. The molecule has 0 unspecified atom stereocenters. The van der Waals surface area contributed by atoms with Gasteiger partial charge < -0.3 is 9.72 Å². The molecule has 1 N–H and O–H groups in total. The topological polar surface area (TPSA) is 59.9 Å². The standard InChI is InChI=1S/C20H16FN3O2/c1-26-17-8-2-13(3-9-17)12-24-19-18(23-20(24)25)10-15(11-22-19)14-4-6-16(21)7-5-14/h2-11H,12H2,1H3,(H,23,25). The Hall–Kier alpha value is -3.41. The summed E-state index contributed by atoms with van der Waals surface area (Å²) < 4.78 is 19.8. The Morgan fingerprint density at radius 2 is 1.81 bits per heavy atom. The maximum absolute atomic E-state index is 13.1. The summed E-state index contributed by atoms with van der Waals surface area (Å²) in [7, 11) is 1.61. The van der Waals surface area contributed by atoms with E-state index in [1.54, 1.807) is 30.0 Å². The molecule has 2 heterocycles. The van der Waals surface area contributed by atoms with E-state index >= 15 is 0 Å². The number of imidazole rings is 1. The van der Waals surface area contributed by atoms with Crippen LogP contribution >= 0.6 is 0 Å². The second-order valence-corrected chi connectivity index (χ2v) is 5.97. The van der Waals surface area contributed by atoms with Gasteiger partial charge in [-0.05, 0) is 41.5 Å². The second-order valence-electron chi connectivity index (χ2n) is 5.97. The Morgan fingerprint density at radius 1 is 1.08 bits per heavy atom. The van der Waals surface area contributed by atoms with Gasteiger partial charge in [-0.1, -0.05) is 24.3 Å². The van der Waals surface area contributed by atoms with Crippen LogP contribution in [0.15, 0.2) is 65.6 Å². The summed E-state index contributed by atoms with van der Waals surface area (Å²) in [5, 5.41) is 0. The van der Waals surface area contributed by atoms with E-state index < -0.39 is 0 Å². The molecule has 0 spiro atoms. The highest BCUT2D eigenvalue weighted by molar-refractivity contribution is 5.78. The van der Waals surface area contributed by atoms with E-state index in [9.17, 15) is 9.18 Å². The highest BCUT2D eigenvalue weighted by Gasteiger charge is 2.10. The van der Waals surface area contributed by atoms with Crippen molar-refractivity contribution in [3.63, 3.8) is 0 Å². The van der Waals surface area contributed by atoms with Crippen LogP contribution in [0.3, 0.4) is 0 Å². The van der Waals surface area contributed by atoms with Crippen LogP contribution in [0.5, 0.6) is 5.75 Å². The molecule has 0 bridgehead atoms. The minimum atomic E-state index is -0.290. The number of fused-ring (bicyclic) bond motifs is 1. The van der Waals surface area contributed by atoms with Gasteiger partial charge in [0.1, 0.15) is 11.6 Å². The van der Waals surface area contributed by atoms with Crippen LogP contribution in [0, 0.1) is 5.82 Å². The molecule has 5 nitrogen and oxygen atoms in total. The zero-order valence-electron chi connectivity index (χ0n) is 14.1. The third-order valence-corrected chi connectivity index (χ3v) is 4.29.